The first-order valence-corrected chi connectivity index (χ1v) is 6.68. The van der Waals surface area contributed by atoms with Crippen LogP contribution in [0.15, 0.2) is 23.3 Å². The average molecular weight is 295 g/mol. The molecule has 1 aromatic carbocycles. The van der Waals surface area contributed by atoms with Gasteiger partial charge >= 0.3 is 0 Å². The minimum Gasteiger partial charge on any atom is -0.493 e. The van der Waals surface area contributed by atoms with Crippen molar-refractivity contribution in [3.63, 3.8) is 0 Å². The van der Waals surface area contributed by atoms with E-state index >= 15 is 0 Å². The summed E-state index contributed by atoms with van der Waals surface area (Å²) in [4.78, 5) is 2.09. The highest BCUT2D eigenvalue weighted by Crippen LogP contribution is 2.32. The lowest BCUT2D eigenvalue weighted by molar-refractivity contribution is 0.187. The number of nitrogens with two attached hydrogens (primary N) is 2. The molecule has 0 bridgehead atoms. The SMILES string of the molecule is COc1ccc(C(CCN(C)C)N(N)/N=C\N)cc1OC. The molecule has 118 valence electrons. The Labute approximate surface area is 126 Å². The first kappa shape index (κ1) is 17.1. The van der Waals surface area contributed by atoms with E-state index in [0.717, 1.165) is 18.5 Å². The summed E-state index contributed by atoms with van der Waals surface area (Å²) in [6.07, 6.45) is 1.99. The van der Waals surface area contributed by atoms with E-state index in [2.05, 4.69) is 10.0 Å². The maximum absolute atomic E-state index is 5.97. The summed E-state index contributed by atoms with van der Waals surface area (Å²) in [6, 6.07) is 5.61. The minimum atomic E-state index is -0.105. The molecule has 1 rings (SSSR count). The molecule has 4 N–H and O–H groups in total. The largest absolute Gasteiger partial charge is 0.493 e. The third-order valence-electron chi connectivity index (χ3n) is 3.16. The molecule has 21 heavy (non-hydrogen) atoms. The van der Waals surface area contributed by atoms with Crippen LogP contribution in [-0.2, 0) is 0 Å². The van der Waals surface area contributed by atoms with Gasteiger partial charge in [0.15, 0.2) is 11.5 Å². The fraction of sp³-hybridized carbons (Fsp3) is 0.500. The molecule has 7 nitrogen and oxygen atoms in total. The summed E-state index contributed by atoms with van der Waals surface area (Å²) >= 11 is 0. The standard InChI is InChI=1S/C14H25N5O2/c1-18(2)8-7-12(19(16)17-10-15)11-5-6-13(20-3)14(9-11)21-4/h5-6,9-10,12H,7-8,16H2,1-4H3,(H2,15,17). The zero-order chi connectivity index (χ0) is 15.8. The second kappa shape index (κ2) is 8.33. The first-order chi connectivity index (χ1) is 10.0. The Kier molecular flexibility index (Phi) is 6.77. The second-order valence-corrected chi connectivity index (χ2v) is 4.87. The van der Waals surface area contributed by atoms with Crippen molar-refractivity contribution < 1.29 is 9.47 Å². The highest BCUT2D eigenvalue weighted by atomic mass is 16.5. The van der Waals surface area contributed by atoms with E-state index in [1.807, 2.05) is 32.3 Å². The van der Waals surface area contributed by atoms with Crippen molar-refractivity contribution in [2.75, 3.05) is 34.9 Å². The number of ether oxygens (including phenoxy) is 2. The number of rotatable bonds is 8. The molecule has 0 aliphatic carbocycles. The maximum atomic E-state index is 5.97. The van der Waals surface area contributed by atoms with Gasteiger partial charge in [0.05, 0.1) is 20.3 Å². The third kappa shape index (κ3) is 4.80. The fourth-order valence-electron chi connectivity index (χ4n) is 2.05. The molecule has 0 saturated carbocycles. The van der Waals surface area contributed by atoms with Gasteiger partial charge in [-0.25, -0.2) is 11.0 Å². The second-order valence-electron chi connectivity index (χ2n) is 4.87. The van der Waals surface area contributed by atoms with Gasteiger partial charge in [0.2, 0.25) is 0 Å². The highest BCUT2D eigenvalue weighted by Gasteiger charge is 2.19. The van der Waals surface area contributed by atoms with Crippen molar-refractivity contribution in [2.24, 2.45) is 16.7 Å². The number of hydrazine groups is 1. The van der Waals surface area contributed by atoms with Gasteiger partial charge < -0.3 is 20.1 Å². The molecular weight excluding hydrogens is 270 g/mol. The molecule has 7 heteroatoms. The van der Waals surface area contributed by atoms with E-state index in [1.165, 1.54) is 11.5 Å². The van der Waals surface area contributed by atoms with Crippen molar-refractivity contribution in [3.8, 4) is 11.5 Å². The molecule has 0 radical (unpaired) electrons. The van der Waals surface area contributed by atoms with Crippen LogP contribution in [0.25, 0.3) is 0 Å². The molecule has 1 atom stereocenters. The first-order valence-electron chi connectivity index (χ1n) is 6.68. The Morgan fingerprint density at radius 1 is 1.24 bits per heavy atom. The van der Waals surface area contributed by atoms with Crippen molar-refractivity contribution in [1.82, 2.24) is 10.0 Å². The Morgan fingerprint density at radius 3 is 2.43 bits per heavy atom. The zero-order valence-electron chi connectivity index (χ0n) is 13.1. The maximum Gasteiger partial charge on any atom is 0.161 e. The van der Waals surface area contributed by atoms with Crippen LogP contribution in [0, 0.1) is 0 Å². The van der Waals surface area contributed by atoms with Gasteiger partial charge in [-0.3, -0.25) is 0 Å². The molecule has 0 aromatic heterocycles. The van der Waals surface area contributed by atoms with Crippen LogP contribution in [0.5, 0.6) is 11.5 Å². The molecule has 0 spiro atoms. The molecule has 0 aliphatic rings. The average Bonchev–Trinajstić information content (AvgIpc) is 2.47. The predicted molar refractivity (Wildman–Crippen MR) is 84.2 cm³/mol. The van der Waals surface area contributed by atoms with Crippen LogP contribution in [0.1, 0.15) is 18.0 Å². The number of nitrogens with zero attached hydrogens (tertiary/aromatic N) is 3. The van der Waals surface area contributed by atoms with E-state index in [1.54, 1.807) is 14.2 Å². The number of benzene rings is 1. The number of hydrogen-bond donors (Lipinski definition) is 2. The summed E-state index contributed by atoms with van der Waals surface area (Å²) in [6.45, 7) is 0.868. The van der Waals surface area contributed by atoms with Crippen LogP contribution >= 0.6 is 0 Å². The van der Waals surface area contributed by atoms with Crippen LogP contribution < -0.4 is 21.1 Å². The fourth-order valence-corrected chi connectivity index (χ4v) is 2.05. The van der Waals surface area contributed by atoms with E-state index in [4.69, 9.17) is 21.1 Å². The van der Waals surface area contributed by atoms with Crippen molar-refractivity contribution >= 4 is 6.34 Å². The van der Waals surface area contributed by atoms with Gasteiger partial charge in [-0.05, 0) is 44.8 Å². The smallest absolute Gasteiger partial charge is 0.161 e. The zero-order valence-corrected chi connectivity index (χ0v) is 13.1. The van der Waals surface area contributed by atoms with Gasteiger partial charge in [0.25, 0.3) is 0 Å². The summed E-state index contributed by atoms with van der Waals surface area (Å²) in [5, 5.41) is 5.32. The normalized spacial score (nSPS) is 12.7. The van der Waals surface area contributed by atoms with Gasteiger partial charge in [-0.1, -0.05) is 6.07 Å². The minimum absolute atomic E-state index is 0.105. The van der Waals surface area contributed by atoms with Gasteiger partial charge in [0.1, 0.15) is 6.34 Å². The lowest BCUT2D eigenvalue weighted by atomic mass is 10.0. The summed E-state index contributed by atoms with van der Waals surface area (Å²) in [5.74, 6) is 7.31. The monoisotopic (exact) mass is 295 g/mol. The van der Waals surface area contributed by atoms with Gasteiger partial charge in [-0.15, -0.1) is 0 Å². The van der Waals surface area contributed by atoms with Crippen molar-refractivity contribution in [1.29, 1.82) is 0 Å². The van der Waals surface area contributed by atoms with E-state index in [-0.39, 0.29) is 6.04 Å². The van der Waals surface area contributed by atoms with Gasteiger partial charge in [0, 0.05) is 0 Å². The number of hydrogen-bond acceptors (Lipinski definition) is 6. The summed E-state index contributed by atoms with van der Waals surface area (Å²) in [5.41, 5.74) is 6.32. The van der Waals surface area contributed by atoms with Crippen LogP contribution in [0.2, 0.25) is 0 Å². The van der Waals surface area contributed by atoms with Crippen LogP contribution in [-0.4, -0.2) is 51.2 Å². The molecule has 0 amide bonds. The topological polar surface area (TPSA) is 89.3 Å². The molecule has 0 heterocycles. The molecule has 0 aliphatic heterocycles. The summed E-state index contributed by atoms with van der Waals surface area (Å²) < 4.78 is 10.6. The summed E-state index contributed by atoms with van der Waals surface area (Å²) in [7, 11) is 7.24. The van der Waals surface area contributed by atoms with Crippen molar-refractivity contribution in [3.05, 3.63) is 23.8 Å². The number of methoxy groups -OCH3 is 2. The Hall–Kier alpha value is -1.99. The highest BCUT2D eigenvalue weighted by molar-refractivity contribution is 5.50. The van der Waals surface area contributed by atoms with Gasteiger partial charge in [-0.2, -0.15) is 5.10 Å². The lowest BCUT2D eigenvalue weighted by Gasteiger charge is -2.26. The Morgan fingerprint density at radius 2 is 1.90 bits per heavy atom. The lowest BCUT2D eigenvalue weighted by Crippen LogP contribution is -2.33. The third-order valence-corrected chi connectivity index (χ3v) is 3.16. The quantitative estimate of drug-likeness (QED) is 0.319. The van der Waals surface area contributed by atoms with E-state index < -0.39 is 0 Å². The van der Waals surface area contributed by atoms with E-state index in [0.29, 0.717) is 11.5 Å². The van der Waals surface area contributed by atoms with Crippen LogP contribution in [0.4, 0.5) is 0 Å². The Bertz CT molecular complexity index is 465. The Balaban J connectivity index is 3.06. The molecule has 1 unspecified atom stereocenters. The molecule has 0 fully saturated rings. The molecule has 0 saturated heterocycles. The van der Waals surface area contributed by atoms with E-state index in [9.17, 15) is 0 Å². The molecule has 1 aromatic rings. The molecular formula is C14H25N5O2. The number of hydrazone groups is 1. The predicted octanol–water partition coefficient (Wildman–Crippen LogP) is 0.774. The van der Waals surface area contributed by atoms with Crippen LogP contribution in [0.3, 0.4) is 0 Å². The van der Waals surface area contributed by atoms with Crippen molar-refractivity contribution in [2.45, 2.75) is 12.5 Å².